The lowest BCUT2D eigenvalue weighted by atomic mass is 9.98. The van der Waals surface area contributed by atoms with Gasteiger partial charge in [0, 0.05) is 6.07 Å². The number of carbonyl (C=O) groups is 2. The number of aromatic nitrogens is 1. The molecule has 0 unspecified atom stereocenters. The van der Waals surface area contributed by atoms with Crippen LogP contribution in [0.4, 0.5) is 5.69 Å². The zero-order chi connectivity index (χ0) is 18.0. The van der Waals surface area contributed by atoms with Gasteiger partial charge < -0.3 is 19.5 Å². The van der Waals surface area contributed by atoms with Gasteiger partial charge in [-0.15, -0.1) is 0 Å². The molecule has 10 nitrogen and oxygen atoms in total. The number of ether oxygens (including phenoxy) is 1. The van der Waals surface area contributed by atoms with E-state index in [1.165, 1.54) is 19.9 Å². The molecule has 2 rings (SSSR count). The Bertz CT molecular complexity index is 840. The third kappa shape index (κ3) is 2.89. The minimum absolute atomic E-state index is 0.0645. The topological polar surface area (TPSA) is 153 Å². The molecule has 1 heterocycles. The third-order valence-corrected chi connectivity index (χ3v) is 3.02. The molecule has 0 atom stereocenters. The summed E-state index contributed by atoms with van der Waals surface area (Å²) in [6.45, 7) is 2.93. The third-order valence-electron chi connectivity index (χ3n) is 3.02. The molecule has 126 valence electrons. The first kappa shape index (κ1) is 16.9. The van der Waals surface area contributed by atoms with Crippen LogP contribution in [0.15, 0.2) is 16.7 Å². The Kier molecular flexibility index (Phi) is 4.49. The van der Waals surface area contributed by atoms with Gasteiger partial charge in [0.2, 0.25) is 11.5 Å². The molecule has 0 saturated carbocycles. The Morgan fingerprint density at radius 3 is 2.54 bits per heavy atom. The monoisotopic (exact) mass is 336 g/mol. The molecule has 0 aliphatic carbocycles. The minimum atomic E-state index is -1.14. The molecule has 0 saturated heterocycles. The smallest absolute Gasteiger partial charge is 0.339 e. The highest BCUT2D eigenvalue weighted by Gasteiger charge is 2.35. The van der Waals surface area contributed by atoms with Crippen LogP contribution >= 0.6 is 0 Å². The second-order valence-electron chi connectivity index (χ2n) is 4.64. The highest BCUT2D eigenvalue weighted by atomic mass is 16.6. The molecule has 1 aromatic heterocycles. The van der Waals surface area contributed by atoms with Gasteiger partial charge in [-0.05, 0) is 19.9 Å². The molecule has 0 fully saturated rings. The largest absolute Gasteiger partial charge is 0.504 e. The first-order chi connectivity index (χ1) is 11.3. The van der Waals surface area contributed by atoms with Crippen molar-refractivity contribution in [1.29, 1.82) is 0 Å². The van der Waals surface area contributed by atoms with E-state index in [0.717, 1.165) is 6.07 Å². The molecule has 24 heavy (non-hydrogen) atoms. The van der Waals surface area contributed by atoms with Crippen LogP contribution < -0.4 is 0 Å². The lowest BCUT2D eigenvalue weighted by molar-refractivity contribution is -0.386. The molecule has 2 aromatic rings. The number of hydrogen-bond donors (Lipinski definition) is 2. The minimum Gasteiger partial charge on any atom is -0.504 e. The highest BCUT2D eigenvalue weighted by Crippen LogP contribution is 2.41. The molecule has 0 spiro atoms. The summed E-state index contributed by atoms with van der Waals surface area (Å²) in [5, 5.41) is 34.1. The van der Waals surface area contributed by atoms with Crippen molar-refractivity contribution in [3.63, 3.8) is 0 Å². The van der Waals surface area contributed by atoms with Crippen molar-refractivity contribution in [3.8, 4) is 11.5 Å². The van der Waals surface area contributed by atoms with Crippen LogP contribution in [0.25, 0.3) is 0 Å². The van der Waals surface area contributed by atoms with E-state index < -0.39 is 45.0 Å². The number of nitro benzene ring substituents is 1. The molecule has 0 radical (unpaired) electrons. The fraction of sp³-hybridized carbons (Fsp3) is 0.214. The van der Waals surface area contributed by atoms with Crippen molar-refractivity contribution in [3.05, 3.63) is 44.8 Å². The number of nitrogens with zero attached hydrogens (tertiary/aromatic N) is 2. The molecule has 0 amide bonds. The summed E-state index contributed by atoms with van der Waals surface area (Å²) in [5.41, 5.74) is -2.73. The van der Waals surface area contributed by atoms with Crippen LogP contribution in [0.3, 0.4) is 0 Å². The van der Waals surface area contributed by atoms with Gasteiger partial charge in [-0.25, -0.2) is 4.79 Å². The zero-order valence-corrected chi connectivity index (χ0v) is 12.6. The number of aromatic hydroxyl groups is 2. The molecule has 2 N–H and O–H groups in total. The lowest BCUT2D eigenvalue weighted by Crippen LogP contribution is -2.15. The van der Waals surface area contributed by atoms with E-state index in [9.17, 15) is 29.9 Å². The first-order valence-corrected chi connectivity index (χ1v) is 6.66. The second-order valence-corrected chi connectivity index (χ2v) is 4.64. The zero-order valence-electron chi connectivity index (χ0n) is 12.6. The van der Waals surface area contributed by atoms with Crippen LogP contribution in [-0.4, -0.2) is 38.7 Å². The summed E-state index contributed by atoms with van der Waals surface area (Å²) in [6, 6.07) is 1.94. The molecule has 10 heteroatoms. The van der Waals surface area contributed by atoms with E-state index in [2.05, 4.69) is 5.16 Å². The second kappa shape index (κ2) is 6.36. The standard InChI is InChI=1S/C14H12N2O8/c1-3-23-14(20)7-5-9(17)13(19)11(16(21)22)10(7)12(18)8-4-6(2)24-15-8/h4-5,17,19H,3H2,1-2H3. The van der Waals surface area contributed by atoms with Gasteiger partial charge in [0.05, 0.1) is 17.1 Å². The van der Waals surface area contributed by atoms with E-state index in [1.807, 2.05) is 0 Å². The van der Waals surface area contributed by atoms with Crippen LogP contribution in [0.2, 0.25) is 0 Å². The Morgan fingerprint density at radius 1 is 1.38 bits per heavy atom. The fourth-order valence-corrected chi connectivity index (χ4v) is 2.02. The Hall–Kier alpha value is -3.43. The van der Waals surface area contributed by atoms with Crippen LogP contribution in [-0.2, 0) is 4.74 Å². The number of rotatable bonds is 5. The summed E-state index contributed by atoms with van der Waals surface area (Å²) in [4.78, 5) is 34.7. The van der Waals surface area contributed by atoms with Crippen molar-refractivity contribution in [2.24, 2.45) is 0 Å². The Balaban J connectivity index is 2.78. The van der Waals surface area contributed by atoms with E-state index in [1.54, 1.807) is 0 Å². The lowest BCUT2D eigenvalue weighted by Gasteiger charge is -2.10. The van der Waals surface area contributed by atoms with Crippen molar-refractivity contribution >= 4 is 17.4 Å². The van der Waals surface area contributed by atoms with E-state index in [4.69, 9.17) is 9.26 Å². The normalized spacial score (nSPS) is 10.4. The summed E-state index contributed by atoms with van der Waals surface area (Å²) in [6.07, 6.45) is 0. The number of esters is 1. The number of nitro groups is 1. The van der Waals surface area contributed by atoms with Crippen molar-refractivity contribution in [1.82, 2.24) is 5.16 Å². The SMILES string of the molecule is CCOC(=O)c1cc(O)c(O)c([N+](=O)[O-])c1C(=O)c1cc(C)on1. The quantitative estimate of drug-likeness (QED) is 0.273. The molecule has 0 bridgehead atoms. The van der Waals surface area contributed by atoms with Gasteiger partial charge >= 0.3 is 11.7 Å². The van der Waals surface area contributed by atoms with E-state index in [0.29, 0.717) is 0 Å². The number of benzene rings is 1. The maximum atomic E-state index is 12.6. The van der Waals surface area contributed by atoms with Crippen molar-refractivity contribution in [2.75, 3.05) is 6.61 Å². The molecule has 0 aliphatic rings. The predicted octanol–water partition coefficient (Wildman–Crippen LogP) is 1.71. The number of hydrogen-bond acceptors (Lipinski definition) is 9. The first-order valence-electron chi connectivity index (χ1n) is 6.66. The van der Waals surface area contributed by atoms with Crippen LogP contribution in [0, 0.1) is 17.0 Å². The Morgan fingerprint density at radius 2 is 2.04 bits per heavy atom. The van der Waals surface area contributed by atoms with Gasteiger partial charge in [0.1, 0.15) is 11.3 Å². The predicted molar refractivity (Wildman–Crippen MR) is 77.1 cm³/mol. The Labute approximate surface area is 134 Å². The summed E-state index contributed by atoms with van der Waals surface area (Å²) >= 11 is 0. The molecular formula is C14H12N2O8. The summed E-state index contributed by atoms with van der Waals surface area (Å²) in [7, 11) is 0. The number of aryl methyl sites for hydroxylation is 1. The maximum absolute atomic E-state index is 12.6. The van der Waals surface area contributed by atoms with E-state index in [-0.39, 0.29) is 18.1 Å². The number of carbonyl (C=O) groups excluding carboxylic acids is 2. The average molecular weight is 336 g/mol. The number of phenolic OH excluding ortho intramolecular Hbond substituents is 2. The average Bonchev–Trinajstić information content (AvgIpc) is 2.95. The summed E-state index contributed by atoms with van der Waals surface area (Å²) in [5.74, 6) is -3.91. The van der Waals surface area contributed by atoms with Gasteiger partial charge in [-0.3, -0.25) is 14.9 Å². The van der Waals surface area contributed by atoms with Crippen LogP contribution in [0.1, 0.15) is 39.1 Å². The molecular weight excluding hydrogens is 324 g/mol. The molecule has 0 aliphatic heterocycles. The maximum Gasteiger partial charge on any atom is 0.339 e. The number of phenols is 2. The van der Waals surface area contributed by atoms with Gasteiger partial charge in [0.15, 0.2) is 11.4 Å². The van der Waals surface area contributed by atoms with Gasteiger partial charge in [-0.2, -0.15) is 0 Å². The highest BCUT2D eigenvalue weighted by molar-refractivity contribution is 6.17. The van der Waals surface area contributed by atoms with Gasteiger partial charge in [0.25, 0.3) is 0 Å². The summed E-state index contributed by atoms with van der Waals surface area (Å²) < 4.78 is 9.48. The van der Waals surface area contributed by atoms with Crippen LogP contribution in [0.5, 0.6) is 11.5 Å². The van der Waals surface area contributed by atoms with E-state index >= 15 is 0 Å². The number of ketones is 1. The molecule has 1 aromatic carbocycles. The van der Waals surface area contributed by atoms with Crippen molar-refractivity contribution < 1.29 is 34.0 Å². The van der Waals surface area contributed by atoms with Crippen molar-refractivity contribution in [2.45, 2.75) is 13.8 Å². The fourth-order valence-electron chi connectivity index (χ4n) is 2.02. The van der Waals surface area contributed by atoms with Gasteiger partial charge in [-0.1, -0.05) is 5.16 Å².